The molecule has 0 aliphatic rings. The Morgan fingerprint density at radius 3 is 2.29 bits per heavy atom. The van der Waals surface area contributed by atoms with Crippen LogP contribution in [0.2, 0.25) is 0 Å². The van der Waals surface area contributed by atoms with E-state index in [-0.39, 0.29) is 5.56 Å². The monoisotopic (exact) mass is 286 g/mol. The van der Waals surface area contributed by atoms with Gasteiger partial charge in [-0.1, -0.05) is 24.3 Å². The number of hydrogen-bond donors (Lipinski definition) is 1. The fourth-order valence-corrected chi connectivity index (χ4v) is 1.96. The molecule has 2 amide bonds. The Labute approximate surface area is 122 Å². The van der Waals surface area contributed by atoms with Gasteiger partial charge < -0.3 is 10.6 Å². The Morgan fingerprint density at radius 1 is 1.10 bits per heavy atom. The van der Waals surface area contributed by atoms with Crippen LogP contribution in [0.4, 0.5) is 4.39 Å². The summed E-state index contributed by atoms with van der Waals surface area (Å²) in [6.45, 7) is 0.312. The lowest BCUT2D eigenvalue weighted by molar-refractivity contribution is 0.0780. The second-order valence-corrected chi connectivity index (χ2v) is 4.70. The predicted molar refractivity (Wildman–Crippen MR) is 77.2 cm³/mol. The average Bonchev–Trinajstić information content (AvgIpc) is 2.47. The lowest BCUT2D eigenvalue weighted by Crippen LogP contribution is -2.27. The topological polar surface area (TPSA) is 63.4 Å². The van der Waals surface area contributed by atoms with E-state index in [0.717, 1.165) is 5.56 Å². The standard InChI is InChI=1S/C16H15FN2O2/c1-19(16(21)13-4-2-3-5-14(13)17)10-11-6-8-12(9-7-11)15(18)20/h2-9H,10H2,1H3,(H2,18,20). The van der Waals surface area contributed by atoms with Crippen LogP contribution in [0.5, 0.6) is 0 Å². The summed E-state index contributed by atoms with van der Waals surface area (Å²) in [5, 5.41) is 0. The van der Waals surface area contributed by atoms with Crippen molar-refractivity contribution in [1.29, 1.82) is 0 Å². The van der Waals surface area contributed by atoms with Crippen molar-refractivity contribution in [1.82, 2.24) is 4.90 Å². The summed E-state index contributed by atoms with van der Waals surface area (Å²) in [4.78, 5) is 24.6. The molecule has 0 heterocycles. The molecular formula is C16H15FN2O2. The van der Waals surface area contributed by atoms with E-state index in [4.69, 9.17) is 5.73 Å². The molecule has 0 spiro atoms. The molecule has 4 nitrogen and oxygen atoms in total. The van der Waals surface area contributed by atoms with Gasteiger partial charge in [0, 0.05) is 19.2 Å². The van der Waals surface area contributed by atoms with E-state index >= 15 is 0 Å². The van der Waals surface area contributed by atoms with Gasteiger partial charge in [-0.15, -0.1) is 0 Å². The maximum atomic E-state index is 13.6. The number of nitrogens with zero attached hydrogens (tertiary/aromatic N) is 1. The van der Waals surface area contributed by atoms with Crippen LogP contribution in [0.25, 0.3) is 0 Å². The highest BCUT2D eigenvalue weighted by atomic mass is 19.1. The lowest BCUT2D eigenvalue weighted by Gasteiger charge is -2.17. The van der Waals surface area contributed by atoms with Crippen LogP contribution in [0.1, 0.15) is 26.3 Å². The number of carbonyl (C=O) groups is 2. The third kappa shape index (κ3) is 3.45. The third-order valence-electron chi connectivity index (χ3n) is 3.11. The van der Waals surface area contributed by atoms with E-state index < -0.39 is 17.6 Å². The summed E-state index contributed by atoms with van der Waals surface area (Å²) in [7, 11) is 1.59. The normalized spacial score (nSPS) is 10.2. The Morgan fingerprint density at radius 2 is 1.71 bits per heavy atom. The fraction of sp³-hybridized carbons (Fsp3) is 0.125. The van der Waals surface area contributed by atoms with Crippen molar-refractivity contribution in [2.24, 2.45) is 5.73 Å². The largest absolute Gasteiger partial charge is 0.366 e. The first-order chi connectivity index (χ1) is 9.99. The Bertz CT molecular complexity index is 668. The first-order valence-electron chi connectivity index (χ1n) is 6.38. The van der Waals surface area contributed by atoms with Gasteiger partial charge >= 0.3 is 0 Å². The molecule has 0 unspecified atom stereocenters. The van der Waals surface area contributed by atoms with Crippen molar-refractivity contribution in [3.63, 3.8) is 0 Å². The van der Waals surface area contributed by atoms with Gasteiger partial charge in [0.05, 0.1) is 5.56 Å². The quantitative estimate of drug-likeness (QED) is 0.936. The minimum atomic E-state index is -0.543. The van der Waals surface area contributed by atoms with Gasteiger partial charge in [0.15, 0.2) is 0 Å². The van der Waals surface area contributed by atoms with E-state index in [1.807, 2.05) is 0 Å². The van der Waals surface area contributed by atoms with Crippen LogP contribution >= 0.6 is 0 Å². The van der Waals surface area contributed by atoms with Gasteiger partial charge in [-0.3, -0.25) is 9.59 Å². The van der Waals surface area contributed by atoms with Crippen molar-refractivity contribution in [2.75, 3.05) is 7.05 Å². The summed E-state index contributed by atoms with van der Waals surface area (Å²) in [6, 6.07) is 12.5. The molecule has 0 aliphatic carbocycles. The number of amides is 2. The summed E-state index contributed by atoms with van der Waals surface area (Å²) < 4.78 is 13.6. The van der Waals surface area contributed by atoms with Gasteiger partial charge in [-0.25, -0.2) is 4.39 Å². The molecule has 0 saturated heterocycles. The van der Waals surface area contributed by atoms with E-state index in [1.54, 1.807) is 37.4 Å². The first-order valence-corrected chi connectivity index (χ1v) is 6.38. The molecule has 2 aromatic rings. The maximum Gasteiger partial charge on any atom is 0.256 e. The molecular weight excluding hydrogens is 271 g/mol. The molecule has 0 aromatic heterocycles. The van der Waals surface area contributed by atoms with Gasteiger partial charge in [-0.05, 0) is 29.8 Å². The SMILES string of the molecule is CN(Cc1ccc(C(N)=O)cc1)C(=O)c1ccccc1F. The molecule has 2 N–H and O–H groups in total. The number of hydrogen-bond acceptors (Lipinski definition) is 2. The summed E-state index contributed by atoms with van der Waals surface area (Å²) >= 11 is 0. The number of rotatable bonds is 4. The minimum absolute atomic E-state index is 0.0359. The van der Waals surface area contributed by atoms with Gasteiger partial charge in [0.25, 0.3) is 5.91 Å². The second kappa shape index (κ2) is 6.17. The number of halogens is 1. The first kappa shape index (κ1) is 14.7. The van der Waals surface area contributed by atoms with Gasteiger partial charge in [0.2, 0.25) is 5.91 Å². The van der Waals surface area contributed by atoms with Gasteiger partial charge in [-0.2, -0.15) is 0 Å². The third-order valence-corrected chi connectivity index (χ3v) is 3.11. The molecule has 21 heavy (non-hydrogen) atoms. The number of primary amides is 1. The minimum Gasteiger partial charge on any atom is -0.366 e. The van der Waals surface area contributed by atoms with Crippen LogP contribution in [0, 0.1) is 5.82 Å². The van der Waals surface area contributed by atoms with Crippen LogP contribution < -0.4 is 5.73 Å². The molecule has 108 valence electrons. The lowest BCUT2D eigenvalue weighted by atomic mass is 10.1. The smallest absolute Gasteiger partial charge is 0.256 e. The highest BCUT2D eigenvalue weighted by molar-refractivity contribution is 5.94. The highest BCUT2D eigenvalue weighted by Gasteiger charge is 2.15. The van der Waals surface area contributed by atoms with Gasteiger partial charge in [0.1, 0.15) is 5.82 Å². The van der Waals surface area contributed by atoms with Crippen LogP contribution in [0.3, 0.4) is 0 Å². The van der Waals surface area contributed by atoms with Crippen molar-refractivity contribution < 1.29 is 14.0 Å². The second-order valence-electron chi connectivity index (χ2n) is 4.70. The number of benzene rings is 2. The molecule has 0 fully saturated rings. The molecule has 2 rings (SSSR count). The number of nitrogens with two attached hydrogens (primary N) is 1. The maximum absolute atomic E-state index is 13.6. The van der Waals surface area contributed by atoms with Crippen LogP contribution in [-0.4, -0.2) is 23.8 Å². The fourth-order valence-electron chi connectivity index (χ4n) is 1.96. The molecule has 0 atom stereocenters. The predicted octanol–water partition coefficient (Wildman–Crippen LogP) is 2.20. The van der Waals surface area contributed by atoms with E-state index in [9.17, 15) is 14.0 Å². The van der Waals surface area contributed by atoms with Crippen LogP contribution in [-0.2, 0) is 6.54 Å². The zero-order chi connectivity index (χ0) is 15.4. The summed E-state index contributed by atoms with van der Waals surface area (Å²) in [5.41, 5.74) is 6.43. The van der Waals surface area contributed by atoms with Crippen molar-refractivity contribution >= 4 is 11.8 Å². The van der Waals surface area contributed by atoms with Crippen molar-refractivity contribution in [3.05, 3.63) is 71.0 Å². The highest BCUT2D eigenvalue weighted by Crippen LogP contribution is 2.12. The van der Waals surface area contributed by atoms with Crippen molar-refractivity contribution in [3.8, 4) is 0 Å². The van der Waals surface area contributed by atoms with Crippen LogP contribution in [0.15, 0.2) is 48.5 Å². The average molecular weight is 286 g/mol. The summed E-state index contributed by atoms with van der Waals surface area (Å²) in [6.07, 6.45) is 0. The molecule has 0 saturated carbocycles. The Kier molecular flexibility index (Phi) is 4.33. The molecule has 0 bridgehead atoms. The Hall–Kier alpha value is -2.69. The molecule has 5 heteroatoms. The van der Waals surface area contributed by atoms with Crippen molar-refractivity contribution in [2.45, 2.75) is 6.54 Å². The van der Waals surface area contributed by atoms with E-state index in [2.05, 4.69) is 0 Å². The number of carbonyl (C=O) groups excluding carboxylic acids is 2. The zero-order valence-electron chi connectivity index (χ0n) is 11.5. The molecule has 0 radical (unpaired) electrons. The zero-order valence-corrected chi connectivity index (χ0v) is 11.5. The van der Waals surface area contributed by atoms with E-state index in [0.29, 0.717) is 12.1 Å². The molecule has 2 aromatic carbocycles. The molecule has 0 aliphatic heterocycles. The van der Waals surface area contributed by atoms with E-state index in [1.165, 1.54) is 23.1 Å². The Balaban J connectivity index is 2.10. The summed E-state index contributed by atoms with van der Waals surface area (Å²) in [5.74, 6) is -1.44.